The van der Waals surface area contributed by atoms with Crippen molar-refractivity contribution in [3.05, 3.63) is 94.4 Å². The SMILES string of the molecule is Cc1ccc(S(=O)(=O)N2CC(S(=O)(=O)c3ccccc3)=C3/C=C\CCC/C=C\3C2)cc1. The second-order valence-electron chi connectivity index (χ2n) is 7.80. The number of hydrogen-bond donors (Lipinski definition) is 0. The van der Waals surface area contributed by atoms with E-state index in [4.69, 9.17) is 0 Å². The largest absolute Gasteiger partial charge is 0.243 e. The van der Waals surface area contributed by atoms with Crippen LogP contribution in [0.15, 0.2) is 98.7 Å². The second kappa shape index (κ2) is 8.57. The number of sulfone groups is 1. The summed E-state index contributed by atoms with van der Waals surface area (Å²) < 4.78 is 55.2. The molecule has 0 fully saturated rings. The minimum Gasteiger partial charge on any atom is -0.219 e. The third-order valence-electron chi connectivity index (χ3n) is 5.60. The Hall–Kier alpha value is -2.48. The van der Waals surface area contributed by atoms with Gasteiger partial charge in [0.2, 0.25) is 19.9 Å². The molecule has 2 aromatic rings. The molecule has 0 amide bonds. The summed E-state index contributed by atoms with van der Waals surface area (Å²) in [4.78, 5) is 0.465. The fraction of sp³-hybridized carbons (Fsp3) is 0.250. The lowest BCUT2D eigenvalue weighted by Gasteiger charge is -2.31. The highest BCUT2D eigenvalue weighted by atomic mass is 32.2. The Morgan fingerprint density at radius 3 is 2.23 bits per heavy atom. The van der Waals surface area contributed by atoms with Crippen molar-refractivity contribution in [2.45, 2.75) is 36.0 Å². The molecule has 7 heteroatoms. The van der Waals surface area contributed by atoms with Crippen LogP contribution in [0, 0.1) is 6.92 Å². The van der Waals surface area contributed by atoms with E-state index in [0.29, 0.717) is 5.57 Å². The van der Waals surface area contributed by atoms with E-state index < -0.39 is 19.9 Å². The lowest BCUT2D eigenvalue weighted by atomic mass is 9.97. The van der Waals surface area contributed by atoms with Gasteiger partial charge in [-0.3, -0.25) is 0 Å². The first kappa shape index (κ1) is 21.7. The van der Waals surface area contributed by atoms with Gasteiger partial charge in [0.15, 0.2) is 0 Å². The molecule has 5 nitrogen and oxygen atoms in total. The lowest BCUT2D eigenvalue weighted by Crippen LogP contribution is -2.39. The molecule has 0 saturated carbocycles. The third-order valence-corrected chi connectivity index (χ3v) is 9.30. The zero-order chi connectivity index (χ0) is 22.1. The first-order valence-electron chi connectivity index (χ1n) is 10.3. The summed E-state index contributed by atoms with van der Waals surface area (Å²) in [5, 5.41) is 0. The maximum Gasteiger partial charge on any atom is 0.243 e. The van der Waals surface area contributed by atoms with Crippen LogP contribution in [0.5, 0.6) is 0 Å². The van der Waals surface area contributed by atoms with Gasteiger partial charge in [0.25, 0.3) is 0 Å². The number of allylic oxidation sites excluding steroid dienone is 3. The van der Waals surface area contributed by atoms with Crippen molar-refractivity contribution in [2.24, 2.45) is 0 Å². The van der Waals surface area contributed by atoms with Crippen molar-refractivity contribution in [3.8, 4) is 0 Å². The molecule has 4 rings (SSSR count). The molecule has 1 heterocycles. The van der Waals surface area contributed by atoms with Gasteiger partial charge in [0.1, 0.15) is 0 Å². The normalized spacial score (nSPS) is 20.9. The highest BCUT2D eigenvalue weighted by Gasteiger charge is 2.36. The molecule has 0 bridgehead atoms. The minimum absolute atomic E-state index is 0.130. The topological polar surface area (TPSA) is 71.5 Å². The summed E-state index contributed by atoms with van der Waals surface area (Å²) in [6.07, 6.45) is 8.39. The van der Waals surface area contributed by atoms with Crippen molar-refractivity contribution in [1.82, 2.24) is 4.31 Å². The minimum atomic E-state index is -3.86. The number of rotatable bonds is 4. The van der Waals surface area contributed by atoms with Crippen LogP contribution in [0.4, 0.5) is 0 Å². The summed E-state index contributed by atoms with van der Waals surface area (Å²) in [5.41, 5.74) is 2.33. The van der Waals surface area contributed by atoms with Crippen LogP contribution >= 0.6 is 0 Å². The lowest BCUT2D eigenvalue weighted by molar-refractivity contribution is 0.455. The molecule has 0 spiro atoms. The predicted octanol–water partition coefficient (Wildman–Crippen LogP) is 4.39. The molecule has 0 unspecified atom stereocenters. The number of hydrogen-bond acceptors (Lipinski definition) is 4. The third kappa shape index (κ3) is 4.31. The van der Waals surface area contributed by atoms with E-state index in [1.54, 1.807) is 54.6 Å². The Balaban J connectivity index is 1.86. The highest BCUT2D eigenvalue weighted by molar-refractivity contribution is 7.95. The van der Waals surface area contributed by atoms with Crippen LogP contribution in [0.3, 0.4) is 0 Å². The van der Waals surface area contributed by atoms with Crippen molar-refractivity contribution < 1.29 is 16.8 Å². The van der Waals surface area contributed by atoms with E-state index in [1.165, 1.54) is 4.31 Å². The van der Waals surface area contributed by atoms with Crippen molar-refractivity contribution in [1.29, 1.82) is 0 Å². The van der Waals surface area contributed by atoms with Gasteiger partial charge in [-0.1, -0.05) is 54.1 Å². The Morgan fingerprint density at radius 1 is 0.806 bits per heavy atom. The van der Waals surface area contributed by atoms with Gasteiger partial charge in [-0.05, 0) is 61.6 Å². The summed E-state index contributed by atoms with van der Waals surface area (Å²) in [7, 11) is -7.72. The Labute approximate surface area is 184 Å². The summed E-state index contributed by atoms with van der Waals surface area (Å²) in [6, 6.07) is 14.8. The van der Waals surface area contributed by atoms with Crippen LogP contribution in [0.1, 0.15) is 24.8 Å². The zero-order valence-corrected chi connectivity index (χ0v) is 19.0. The highest BCUT2D eigenvalue weighted by Crippen LogP contribution is 2.35. The first-order chi connectivity index (χ1) is 14.8. The Morgan fingerprint density at radius 2 is 1.52 bits per heavy atom. The van der Waals surface area contributed by atoms with Crippen LogP contribution in [-0.2, 0) is 19.9 Å². The maximum atomic E-state index is 13.6. The van der Waals surface area contributed by atoms with Gasteiger partial charge < -0.3 is 0 Å². The molecular formula is C24H25NO4S2. The van der Waals surface area contributed by atoms with Gasteiger partial charge in [-0.15, -0.1) is 0 Å². The molecule has 0 atom stereocenters. The molecule has 0 N–H and O–H groups in total. The van der Waals surface area contributed by atoms with Gasteiger partial charge in [-0.2, -0.15) is 4.31 Å². The smallest absolute Gasteiger partial charge is 0.219 e. The summed E-state index contributed by atoms with van der Waals surface area (Å²) >= 11 is 0. The van der Waals surface area contributed by atoms with Crippen LogP contribution in [0.25, 0.3) is 0 Å². The number of nitrogens with zero attached hydrogens (tertiary/aromatic N) is 1. The molecule has 2 aromatic carbocycles. The summed E-state index contributed by atoms with van der Waals surface area (Å²) in [6.45, 7) is 1.86. The average molecular weight is 456 g/mol. The quantitative estimate of drug-likeness (QED) is 0.685. The predicted molar refractivity (Wildman–Crippen MR) is 122 cm³/mol. The van der Waals surface area contributed by atoms with Crippen LogP contribution in [-0.4, -0.2) is 34.2 Å². The number of benzene rings is 2. The molecule has 0 aromatic heterocycles. The van der Waals surface area contributed by atoms with Gasteiger partial charge in [0, 0.05) is 6.54 Å². The number of aryl methyl sites for hydroxylation is 1. The van der Waals surface area contributed by atoms with Crippen LogP contribution in [0.2, 0.25) is 0 Å². The van der Waals surface area contributed by atoms with E-state index in [0.717, 1.165) is 30.4 Å². The average Bonchev–Trinajstić information content (AvgIpc) is 2.74. The monoisotopic (exact) mass is 455 g/mol. The standard InChI is InChI=1S/C24H25NO4S2/c1-19-13-15-22(16-14-19)31(28,29)25-17-20-9-5-2-3-8-12-23(20)24(18-25)30(26,27)21-10-6-4-7-11-21/h4,6-16H,2-3,5,17-18H2,1H3/b12-8-,20-9-. The molecular weight excluding hydrogens is 430 g/mol. The van der Waals surface area contributed by atoms with Crippen LogP contribution < -0.4 is 0 Å². The molecule has 0 saturated heterocycles. The van der Waals surface area contributed by atoms with E-state index in [9.17, 15) is 16.8 Å². The molecule has 1 aliphatic heterocycles. The second-order valence-corrected chi connectivity index (χ2v) is 11.7. The Kier molecular flexibility index (Phi) is 6.01. The number of fused-ring (bicyclic) bond motifs is 1. The molecule has 2 aliphatic rings. The first-order valence-corrected chi connectivity index (χ1v) is 13.2. The maximum absolute atomic E-state index is 13.6. The van der Waals surface area contributed by atoms with Crippen molar-refractivity contribution in [3.63, 3.8) is 0 Å². The molecule has 0 radical (unpaired) electrons. The van der Waals surface area contributed by atoms with Crippen molar-refractivity contribution >= 4 is 19.9 Å². The molecule has 1 aliphatic carbocycles. The fourth-order valence-corrected chi connectivity index (χ4v) is 6.93. The van der Waals surface area contributed by atoms with E-state index in [1.807, 2.05) is 25.2 Å². The molecule has 31 heavy (non-hydrogen) atoms. The zero-order valence-electron chi connectivity index (χ0n) is 17.4. The molecule has 162 valence electrons. The van der Waals surface area contributed by atoms with E-state index in [-0.39, 0.29) is 27.8 Å². The summed E-state index contributed by atoms with van der Waals surface area (Å²) in [5.74, 6) is 0. The Bertz CT molecular complexity index is 1270. The van der Waals surface area contributed by atoms with Gasteiger partial charge in [-0.25, -0.2) is 16.8 Å². The van der Waals surface area contributed by atoms with Crippen molar-refractivity contribution in [2.75, 3.05) is 13.1 Å². The number of sulfonamides is 1. The fourth-order valence-electron chi connectivity index (χ4n) is 3.84. The van der Waals surface area contributed by atoms with E-state index in [2.05, 4.69) is 0 Å². The van der Waals surface area contributed by atoms with Gasteiger partial charge >= 0.3 is 0 Å². The van der Waals surface area contributed by atoms with Gasteiger partial charge in [0.05, 0.1) is 21.2 Å². The van der Waals surface area contributed by atoms with E-state index >= 15 is 0 Å².